The summed E-state index contributed by atoms with van der Waals surface area (Å²) in [5.41, 5.74) is 10.6. The average molecular weight is 290 g/mol. The van der Waals surface area contributed by atoms with Crippen LogP contribution in [0.4, 0.5) is 4.79 Å². The molecule has 3 amide bonds. The lowest BCUT2D eigenvalue weighted by Crippen LogP contribution is -2.55. The number of amides is 3. The Morgan fingerprint density at radius 2 is 2.05 bits per heavy atom. The summed E-state index contributed by atoms with van der Waals surface area (Å²) in [5.74, 6) is -0.576. The van der Waals surface area contributed by atoms with Crippen LogP contribution >= 0.6 is 11.3 Å². The second kappa shape index (κ2) is 4.45. The Hall–Kier alpha value is -2.15. The number of aromatic nitrogens is 1. The van der Waals surface area contributed by atoms with E-state index < -0.39 is 17.5 Å². The smallest absolute Gasteiger partial charge is 0.316 e. The number of carbonyl (C=O) groups excluding carboxylic acids is 2. The van der Waals surface area contributed by atoms with Gasteiger partial charge in [0.1, 0.15) is 5.01 Å². The van der Waals surface area contributed by atoms with E-state index in [1.165, 1.54) is 16.2 Å². The number of hydrogen-bond acceptors (Lipinski definition) is 4. The van der Waals surface area contributed by atoms with Gasteiger partial charge in [-0.1, -0.05) is 12.1 Å². The molecule has 1 unspecified atom stereocenters. The second-order valence-corrected chi connectivity index (χ2v) is 5.84. The molecule has 2 aromatic rings. The van der Waals surface area contributed by atoms with Crippen molar-refractivity contribution in [3.63, 3.8) is 0 Å². The van der Waals surface area contributed by atoms with Crippen LogP contribution in [0.15, 0.2) is 24.3 Å². The number of carbonyl (C=O) groups is 2. The lowest BCUT2D eigenvalue weighted by molar-refractivity contribution is -0.127. The van der Waals surface area contributed by atoms with Gasteiger partial charge >= 0.3 is 6.03 Å². The molecule has 1 saturated heterocycles. The maximum absolute atomic E-state index is 12.1. The number of para-hydroxylation sites is 1. The van der Waals surface area contributed by atoms with Gasteiger partial charge in [-0.15, -0.1) is 11.3 Å². The second-order valence-electron chi connectivity index (χ2n) is 4.80. The Morgan fingerprint density at radius 1 is 1.30 bits per heavy atom. The summed E-state index contributed by atoms with van der Waals surface area (Å²) in [4.78, 5) is 29.5. The molecule has 0 bridgehead atoms. The van der Waals surface area contributed by atoms with E-state index in [-0.39, 0.29) is 0 Å². The number of urea groups is 1. The zero-order valence-corrected chi connectivity index (χ0v) is 11.5. The molecule has 1 aliphatic rings. The minimum absolute atomic E-state index is 0.425. The van der Waals surface area contributed by atoms with Crippen LogP contribution < -0.4 is 11.5 Å². The van der Waals surface area contributed by atoms with Gasteiger partial charge in [0, 0.05) is 6.54 Å². The van der Waals surface area contributed by atoms with Crippen LogP contribution in [0.5, 0.6) is 0 Å². The monoisotopic (exact) mass is 290 g/mol. The first-order valence-corrected chi connectivity index (χ1v) is 7.10. The fourth-order valence-corrected chi connectivity index (χ4v) is 3.95. The summed E-state index contributed by atoms with van der Waals surface area (Å²) in [6, 6.07) is 6.94. The van der Waals surface area contributed by atoms with Crippen LogP contribution in [0.1, 0.15) is 17.8 Å². The molecule has 0 aliphatic carbocycles. The van der Waals surface area contributed by atoms with Gasteiger partial charge in [0.05, 0.1) is 10.2 Å². The summed E-state index contributed by atoms with van der Waals surface area (Å²) in [6.07, 6.45) is 1.15. The number of hydrogen-bond donors (Lipinski definition) is 2. The number of rotatable bonds is 2. The molecule has 7 heteroatoms. The third-order valence-electron chi connectivity index (χ3n) is 3.70. The quantitative estimate of drug-likeness (QED) is 0.867. The van der Waals surface area contributed by atoms with Crippen molar-refractivity contribution in [2.24, 2.45) is 11.5 Å². The number of benzene rings is 1. The first kappa shape index (κ1) is 12.9. The number of nitrogens with two attached hydrogens (primary N) is 2. The third kappa shape index (κ3) is 1.66. The Balaban J connectivity index is 2.20. The predicted octanol–water partition coefficient (Wildman–Crippen LogP) is 1.15. The Labute approximate surface area is 119 Å². The van der Waals surface area contributed by atoms with Crippen LogP contribution in [0.2, 0.25) is 0 Å². The van der Waals surface area contributed by atoms with Gasteiger partial charge in [-0.25, -0.2) is 9.78 Å². The van der Waals surface area contributed by atoms with E-state index in [0.29, 0.717) is 24.4 Å². The number of thiazole rings is 1. The van der Waals surface area contributed by atoms with Crippen molar-refractivity contribution in [3.8, 4) is 0 Å². The Bertz CT molecular complexity index is 665. The SMILES string of the molecule is NC(=O)N1CCCC1(C(N)=O)c1nc2ccccc2s1. The topological polar surface area (TPSA) is 102 Å². The molecule has 3 rings (SSSR count). The molecule has 20 heavy (non-hydrogen) atoms. The molecule has 1 fully saturated rings. The maximum Gasteiger partial charge on any atom is 0.316 e. The van der Waals surface area contributed by atoms with Crippen molar-refractivity contribution in [3.05, 3.63) is 29.3 Å². The molecule has 1 aromatic heterocycles. The van der Waals surface area contributed by atoms with Crippen molar-refractivity contribution >= 4 is 33.5 Å². The highest BCUT2D eigenvalue weighted by atomic mass is 32.1. The maximum atomic E-state index is 12.1. The van der Waals surface area contributed by atoms with Crippen molar-refractivity contribution in [1.82, 2.24) is 9.88 Å². The summed E-state index contributed by atoms with van der Waals surface area (Å²) >= 11 is 1.38. The predicted molar refractivity (Wildman–Crippen MR) is 76.0 cm³/mol. The molecule has 0 radical (unpaired) electrons. The molecule has 1 atom stereocenters. The van der Waals surface area contributed by atoms with Gasteiger partial charge in [-0.05, 0) is 25.0 Å². The molecule has 1 aromatic carbocycles. The molecular formula is C13H14N4O2S. The average Bonchev–Trinajstić information content (AvgIpc) is 3.03. The summed E-state index contributed by atoms with van der Waals surface area (Å²) in [7, 11) is 0. The van der Waals surface area contributed by atoms with E-state index in [2.05, 4.69) is 4.98 Å². The summed E-state index contributed by atoms with van der Waals surface area (Å²) < 4.78 is 0.958. The molecule has 4 N–H and O–H groups in total. The highest BCUT2D eigenvalue weighted by Gasteiger charge is 2.51. The molecule has 0 saturated carbocycles. The van der Waals surface area contributed by atoms with Crippen molar-refractivity contribution in [1.29, 1.82) is 0 Å². The fraction of sp³-hybridized carbons (Fsp3) is 0.308. The number of nitrogens with zero attached hydrogens (tertiary/aromatic N) is 2. The van der Waals surface area contributed by atoms with E-state index in [1.54, 1.807) is 0 Å². The minimum Gasteiger partial charge on any atom is -0.367 e. The first-order chi connectivity index (χ1) is 9.55. The van der Waals surface area contributed by atoms with Crippen LogP contribution in [-0.4, -0.2) is 28.4 Å². The molecule has 104 valence electrons. The van der Waals surface area contributed by atoms with Gasteiger partial charge in [-0.2, -0.15) is 0 Å². The highest BCUT2D eigenvalue weighted by Crippen LogP contribution is 2.41. The zero-order valence-electron chi connectivity index (χ0n) is 10.7. The lowest BCUT2D eigenvalue weighted by atomic mass is 9.96. The molecule has 6 nitrogen and oxygen atoms in total. The fourth-order valence-electron chi connectivity index (χ4n) is 2.75. The summed E-state index contributed by atoms with van der Waals surface area (Å²) in [5, 5.41) is 0.544. The van der Waals surface area contributed by atoms with E-state index in [0.717, 1.165) is 10.2 Å². The Morgan fingerprint density at radius 3 is 2.70 bits per heavy atom. The number of primary amides is 2. The van der Waals surface area contributed by atoms with Crippen LogP contribution in [0, 0.1) is 0 Å². The molecule has 0 spiro atoms. The lowest BCUT2D eigenvalue weighted by Gasteiger charge is -2.32. The van der Waals surface area contributed by atoms with Crippen molar-refractivity contribution < 1.29 is 9.59 Å². The van der Waals surface area contributed by atoms with E-state index in [4.69, 9.17) is 11.5 Å². The molecule has 1 aliphatic heterocycles. The van der Waals surface area contributed by atoms with Gasteiger partial charge in [-0.3, -0.25) is 4.79 Å². The molecule has 2 heterocycles. The van der Waals surface area contributed by atoms with Gasteiger partial charge in [0.25, 0.3) is 5.91 Å². The van der Waals surface area contributed by atoms with Crippen LogP contribution in [0.25, 0.3) is 10.2 Å². The van der Waals surface area contributed by atoms with Crippen LogP contribution in [-0.2, 0) is 10.3 Å². The van der Waals surface area contributed by atoms with Gasteiger partial charge in [0.15, 0.2) is 5.54 Å². The van der Waals surface area contributed by atoms with Gasteiger partial charge in [0.2, 0.25) is 0 Å². The number of fused-ring (bicyclic) bond motifs is 1. The van der Waals surface area contributed by atoms with E-state index in [1.807, 2.05) is 24.3 Å². The standard InChI is InChI=1S/C13H14N4O2S/c14-10(18)13(6-3-7-17(13)12(15)19)11-16-8-4-1-2-5-9(8)20-11/h1-2,4-5H,3,6-7H2,(H2,14,18)(H2,15,19). The van der Waals surface area contributed by atoms with E-state index >= 15 is 0 Å². The van der Waals surface area contributed by atoms with Crippen molar-refractivity contribution in [2.75, 3.05) is 6.54 Å². The highest BCUT2D eigenvalue weighted by molar-refractivity contribution is 7.18. The summed E-state index contributed by atoms with van der Waals surface area (Å²) in [6.45, 7) is 0.425. The Kier molecular flexibility index (Phi) is 2.86. The number of likely N-dealkylation sites (tertiary alicyclic amines) is 1. The molecular weight excluding hydrogens is 276 g/mol. The van der Waals surface area contributed by atoms with Crippen LogP contribution in [0.3, 0.4) is 0 Å². The largest absolute Gasteiger partial charge is 0.367 e. The van der Waals surface area contributed by atoms with Crippen molar-refractivity contribution in [2.45, 2.75) is 18.4 Å². The first-order valence-electron chi connectivity index (χ1n) is 6.29. The third-order valence-corrected chi connectivity index (χ3v) is 4.89. The van der Waals surface area contributed by atoms with E-state index in [9.17, 15) is 9.59 Å². The zero-order chi connectivity index (χ0) is 14.3. The minimum atomic E-state index is -1.20. The normalized spacial score (nSPS) is 22.3. The van der Waals surface area contributed by atoms with Gasteiger partial charge < -0.3 is 16.4 Å².